The van der Waals surface area contributed by atoms with Crippen molar-refractivity contribution < 1.29 is 13.2 Å². The first kappa shape index (κ1) is 22.9. The Labute approximate surface area is 208 Å². The van der Waals surface area contributed by atoms with Crippen molar-refractivity contribution in [2.45, 2.75) is 64.2 Å². The number of benzene rings is 1. The zero-order valence-corrected chi connectivity index (χ0v) is 20.9. The van der Waals surface area contributed by atoms with E-state index in [9.17, 15) is 8.78 Å². The summed E-state index contributed by atoms with van der Waals surface area (Å²) in [5.41, 5.74) is 3.07. The first-order chi connectivity index (χ1) is 17.0. The highest BCUT2D eigenvalue weighted by atomic mass is 19.1. The second-order valence-electron chi connectivity index (χ2n) is 11.4. The van der Waals surface area contributed by atoms with Gasteiger partial charge in [-0.05, 0) is 47.9 Å². The van der Waals surface area contributed by atoms with E-state index in [0.717, 1.165) is 35.5 Å². The Bertz CT molecular complexity index is 1490. The van der Waals surface area contributed by atoms with Crippen LogP contribution in [0.5, 0.6) is 0 Å². The highest BCUT2D eigenvalue weighted by Gasteiger charge is 2.65. The van der Waals surface area contributed by atoms with E-state index in [2.05, 4.69) is 54.8 Å². The van der Waals surface area contributed by atoms with Crippen LogP contribution in [0, 0.1) is 17.0 Å². The summed E-state index contributed by atoms with van der Waals surface area (Å²) in [6, 6.07) is 5.62. The molecule has 0 saturated heterocycles. The van der Waals surface area contributed by atoms with Gasteiger partial charge in [-0.3, -0.25) is 4.98 Å². The van der Waals surface area contributed by atoms with Gasteiger partial charge in [0.05, 0.1) is 40.0 Å². The van der Waals surface area contributed by atoms with Crippen molar-refractivity contribution in [2.24, 2.45) is 5.41 Å². The number of hydrogen-bond acceptors (Lipinski definition) is 6. The highest BCUT2D eigenvalue weighted by molar-refractivity contribution is 5.64. The first-order valence-corrected chi connectivity index (χ1v) is 12.2. The minimum atomic E-state index is -0.652. The summed E-state index contributed by atoms with van der Waals surface area (Å²) in [4.78, 5) is 14.1. The molecule has 0 aliphatic heterocycles. The van der Waals surface area contributed by atoms with Crippen molar-refractivity contribution in [3.63, 3.8) is 0 Å². The number of nitrogens with zero attached hydrogens (tertiary/aromatic N) is 5. The van der Waals surface area contributed by atoms with Gasteiger partial charge in [0, 0.05) is 11.6 Å². The standard InChI is InChI=1S/C28H27F2N5O/c1-26(2,3)22-14-36-25(33-22)20-12-31-13-21(32-20)28-10-9-16(27(28,4)5)15-11-19(34-35-24(15)28)23-17(29)7-6-8-18(23)30/h6-8,11-14,16H,9-10H2,1-5H3/t16-,28-/m0/s1. The van der Waals surface area contributed by atoms with Gasteiger partial charge < -0.3 is 4.42 Å². The van der Waals surface area contributed by atoms with E-state index in [0.29, 0.717) is 11.6 Å². The van der Waals surface area contributed by atoms with Gasteiger partial charge in [-0.2, -0.15) is 5.10 Å². The fourth-order valence-corrected chi connectivity index (χ4v) is 6.17. The molecule has 1 aromatic carbocycles. The van der Waals surface area contributed by atoms with Gasteiger partial charge >= 0.3 is 0 Å². The quantitative estimate of drug-likeness (QED) is 0.334. The Morgan fingerprint density at radius 2 is 1.75 bits per heavy atom. The van der Waals surface area contributed by atoms with Crippen LogP contribution < -0.4 is 0 Å². The summed E-state index contributed by atoms with van der Waals surface area (Å²) < 4.78 is 34.8. The minimum absolute atomic E-state index is 0.149. The zero-order valence-electron chi connectivity index (χ0n) is 20.9. The van der Waals surface area contributed by atoms with Gasteiger partial charge in [0.15, 0.2) is 0 Å². The topological polar surface area (TPSA) is 77.6 Å². The lowest BCUT2D eigenvalue weighted by molar-refractivity contribution is 0.242. The fourth-order valence-electron chi connectivity index (χ4n) is 6.17. The molecule has 3 heterocycles. The summed E-state index contributed by atoms with van der Waals surface area (Å²) in [6.07, 6.45) is 6.84. The molecule has 0 radical (unpaired) electrons. The molecule has 2 aliphatic carbocycles. The Kier molecular flexibility index (Phi) is 4.75. The highest BCUT2D eigenvalue weighted by Crippen LogP contribution is 2.69. The van der Waals surface area contributed by atoms with Crippen LogP contribution in [-0.2, 0) is 10.8 Å². The molecule has 3 aromatic heterocycles. The van der Waals surface area contributed by atoms with E-state index in [-0.39, 0.29) is 28.0 Å². The fraction of sp³-hybridized carbons (Fsp3) is 0.393. The van der Waals surface area contributed by atoms with Crippen molar-refractivity contribution in [1.82, 2.24) is 25.1 Å². The van der Waals surface area contributed by atoms with Gasteiger partial charge in [-0.15, -0.1) is 5.10 Å². The molecule has 2 aliphatic rings. The molecule has 1 fully saturated rings. The summed E-state index contributed by atoms with van der Waals surface area (Å²) in [7, 11) is 0. The maximum atomic E-state index is 14.5. The van der Waals surface area contributed by atoms with E-state index < -0.39 is 17.0 Å². The molecule has 8 heteroatoms. The molecule has 6 nitrogen and oxygen atoms in total. The third-order valence-electron chi connectivity index (χ3n) is 8.16. The lowest BCUT2D eigenvalue weighted by Gasteiger charge is -2.37. The number of halogens is 2. The lowest BCUT2D eigenvalue weighted by atomic mass is 9.66. The van der Waals surface area contributed by atoms with E-state index in [4.69, 9.17) is 9.40 Å². The van der Waals surface area contributed by atoms with Gasteiger partial charge in [-0.1, -0.05) is 40.7 Å². The largest absolute Gasteiger partial charge is 0.443 e. The first-order valence-electron chi connectivity index (χ1n) is 12.2. The molecule has 184 valence electrons. The Balaban J connectivity index is 1.48. The molecule has 1 saturated carbocycles. The third kappa shape index (κ3) is 3.02. The van der Waals surface area contributed by atoms with Gasteiger partial charge in [0.1, 0.15) is 23.6 Å². The molecule has 0 unspecified atom stereocenters. The van der Waals surface area contributed by atoms with Crippen LogP contribution in [0.3, 0.4) is 0 Å². The van der Waals surface area contributed by atoms with Crippen molar-refractivity contribution in [1.29, 1.82) is 0 Å². The zero-order chi connectivity index (χ0) is 25.5. The van der Waals surface area contributed by atoms with Crippen LogP contribution in [0.25, 0.3) is 22.8 Å². The molecule has 36 heavy (non-hydrogen) atoms. The van der Waals surface area contributed by atoms with Gasteiger partial charge in [0.25, 0.3) is 0 Å². The summed E-state index contributed by atoms with van der Waals surface area (Å²) in [5.74, 6) is -0.731. The van der Waals surface area contributed by atoms with Gasteiger partial charge in [-0.25, -0.2) is 18.7 Å². The number of rotatable bonds is 3. The molecule has 0 spiro atoms. The second kappa shape index (κ2) is 7.48. The second-order valence-corrected chi connectivity index (χ2v) is 11.4. The maximum absolute atomic E-state index is 14.5. The molecule has 0 amide bonds. The van der Waals surface area contributed by atoms with Crippen molar-refractivity contribution >= 4 is 0 Å². The van der Waals surface area contributed by atoms with Crippen LogP contribution in [0.4, 0.5) is 8.78 Å². The minimum Gasteiger partial charge on any atom is -0.443 e. The molecule has 6 rings (SSSR count). The Morgan fingerprint density at radius 1 is 1.00 bits per heavy atom. The predicted octanol–water partition coefficient (Wildman–Crippen LogP) is 6.37. The van der Waals surface area contributed by atoms with Crippen LogP contribution in [0.15, 0.2) is 47.3 Å². The Hall–Kier alpha value is -3.55. The van der Waals surface area contributed by atoms with Crippen LogP contribution >= 0.6 is 0 Å². The van der Waals surface area contributed by atoms with Gasteiger partial charge in [0.2, 0.25) is 5.89 Å². The average molecular weight is 488 g/mol. The van der Waals surface area contributed by atoms with Crippen molar-refractivity contribution in [3.8, 4) is 22.8 Å². The molecule has 4 aromatic rings. The van der Waals surface area contributed by atoms with Crippen LogP contribution in [-0.4, -0.2) is 25.1 Å². The molecular weight excluding hydrogens is 460 g/mol. The summed E-state index contributed by atoms with van der Waals surface area (Å²) >= 11 is 0. The Morgan fingerprint density at radius 3 is 2.44 bits per heavy atom. The SMILES string of the molecule is CC(C)(C)c1coc(-c2cncc([C@@]34CC[C@@H](c5cc(-c6c(F)cccc6F)nnc53)C4(C)C)n2)n1. The molecule has 0 N–H and O–H groups in total. The molecule has 2 atom stereocenters. The van der Waals surface area contributed by atoms with Crippen molar-refractivity contribution in [3.05, 3.63) is 77.2 Å². The summed E-state index contributed by atoms with van der Waals surface area (Å²) in [6.45, 7) is 10.6. The van der Waals surface area contributed by atoms with Crippen molar-refractivity contribution in [2.75, 3.05) is 0 Å². The molecule has 2 bridgehead atoms. The lowest BCUT2D eigenvalue weighted by Crippen LogP contribution is -2.38. The number of hydrogen-bond donors (Lipinski definition) is 0. The number of oxazole rings is 1. The van der Waals surface area contributed by atoms with Crippen LogP contribution in [0.1, 0.15) is 76.0 Å². The normalized spacial score (nSPS) is 22.1. The number of fused-ring (bicyclic) bond motifs is 5. The smallest absolute Gasteiger partial charge is 0.246 e. The monoisotopic (exact) mass is 487 g/mol. The molecular formula is C28H27F2N5O. The third-order valence-corrected chi connectivity index (χ3v) is 8.16. The van der Waals surface area contributed by atoms with E-state index >= 15 is 0 Å². The van der Waals surface area contributed by atoms with E-state index in [1.165, 1.54) is 18.2 Å². The van der Waals surface area contributed by atoms with Crippen LogP contribution in [0.2, 0.25) is 0 Å². The number of aromatic nitrogens is 5. The summed E-state index contributed by atoms with van der Waals surface area (Å²) in [5, 5.41) is 8.89. The van der Waals surface area contributed by atoms with E-state index in [1.54, 1.807) is 24.7 Å². The van der Waals surface area contributed by atoms with E-state index in [1.807, 2.05) is 0 Å². The average Bonchev–Trinajstić information content (AvgIpc) is 3.48. The predicted molar refractivity (Wildman–Crippen MR) is 130 cm³/mol. The maximum Gasteiger partial charge on any atom is 0.246 e.